The Morgan fingerprint density at radius 1 is 1.20 bits per heavy atom. The van der Waals surface area contributed by atoms with Gasteiger partial charge in [0.05, 0.1) is 10.8 Å². The van der Waals surface area contributed by atoms with Crippen molar-refractivity contribution in [2.75, 3.05) is 0 Å². The molecular weight excluding hydrogens is 338 g/mol. The molecule has 0 saturated heterocycles. The summed E-state index contributed by atoms with van der Waals surface area (Å²) in [5.74, 6) is -0.0307. The minimum Gasteiger partial charge on any atom is -0.481 e. The van der Waals surface area contributed by atoms with Crippen LogP contribution in [0, 0.1) is 0 Å². The van der Waals surface area contributed by atoms with Crippen LogP contribution in [0.15, 0.2) is 42.6 Å². The van der Waals surface area contributed by atoms with E-state index < -0.39 is 11.4 Å². The summed E-state index contributed by atoms with van der Waals surface area (Å²) in [6.07, 6.45) is 3.88. The van der Waals surface area contributed by atoms with Crippen molar-refractivity contribution in [1.82, 2.24) is 14.6 Å². The number of aliphatic carboxylic acids is 1. The Balaban J connectivity index is 1.88. The molecule has 0 spiro atoms. The molecule has 128 valence electrons. The number of aromatic nitrogens is 3. The van der Waals surface area contributed by atoms with Crippen LogP contribution in [0.1, 0.15) is 43.6 Å². The van der Waals surface area contributed by atoms with Gasteiger partial charge in [0.1, 0.15) is 5.82 Å². The quantitative estimate of drug-likeness (QED) is 0.772. The molecule has 0 amide bonds. The predicted octanol–water partition coefficient (Wildman–Crippen LogP) is 3.82. The molecule has 1 fully saturated rings. The third-order valence-corrected chi connectivity index (χ3v) is 5.47. The fraction of sp³-hybridized carbons (Fsp3) is 0.316. The zero-order valence-electron chi connectivity index (χ0n) is 14.0. The number of halogens is 1. The molecule has 1 aliphatic rings. The average Bonchev–Trinajstić information content (AvgIpc) is 3.27. The molecule has 1 aliphatic carbocycles. The first kappa shape index (κ1) is 16.1. The Hall–Kier alpha value is -2.40. The number of fused-ring (bicyclic) bond motifs is 1. The van der Waals surface area contributed by atoms with E-state index in [2.05, 4.69) is 10.2 Å². The number of carbonyl (C=O) groups is 1. The summed E-state index contributed by atoms with van der Waals surface area (Å²) in [5, 5.41) is 19.1. The van der Waals surface area contributed by atoms with Gasteiger partial charge in [0.25, 0.3) is 0 Å². The number of pyridine rings is 1. The molecule has 4 rings (SSSR count). The van der Waals surface area contributed by atoms with Gasteiger partial charge in [-0.2, -0.15) is 0 Å². The van der Waals surface area contributed by atoms with Crippen molar-refractivity contribution in [3.8, 4) is 0 Å². The van der Waals surface area contributed by atoms with E-state index in [1.807, 2.05) is 47.0 Å². The first-order valence-corrected chi connectivity index (χ1v) is 8.58. The van der Waals surface area contributed by atoms with Crippen molar-refractivity contribution in [3.05, 3.63) is 64.6 Å². The van der Waals surface area contributed by atoms with Gasteiger partial charge in [0.2, 0.25) is 0 Å². The van der Waals surface area contributed by atoms with Crippen LogP contribution in [0.25, 0.3) is 5.65 Å². The molecule has 0 atom stereocenters. The Bertz CT molecular complexity index is 972. The fourth-order valence-electron chi connectivity index (χ4n) is 3.38. The smallest absolute Gasteiger partial charge is 0.313 e. The largest absolute Gasteiger partial charge is 0.481 e. The monoisotopic (exact) mass is 355 g/mol. The molecule has 1 saturated carbocycles. The lowest BCUT2D eigenvalue weighted by Gasteiger charge is -2.20. The van der Waals surface area contributed by atoms with E-state index >= 15 is 0 Å². The van der Waals surface area contributed by atoms with E-state index in [0.29, 0.717) is 16.2 Å². The van der Waals surface area contributed by atoms with Gasteiger partial charge in [-0.1, -0.05) is 29.8 Å². The molecule has 1 N–H and O–H groups in total. The second-order valence-electron chi connectivity index (χ2n) is 7.16. The molecule has 0 bridgehead atoms. The highest BCUT2D eigenvalue weighted by atomic mass is 35.5. The molecule has 6 heteroatoms. The Morgan fingerprint density at radius 2 is 1.88 bits per heavy atom. The van der Waals surface area contributed by atoms with E-state index in [9.17, 15) is 9.90 Å². The van der Waals surface area contributed by atoms with Crippen LogP contribution in [0.4, 0.5) is 0 Å². The van der Waals surface area contributed by atoms with Gasteiger partial charge in [-0.05, 0) is 50.5 Å². The molecule has 0 aliphatic heterocycles. The third-order valence-electron chi connectivity index (χ3n) is 5.22. The van der Waals surface area contributed by atoms with E-state index in [0.717, 1.165) is 24.2 Å². The van der Waals surface area contributed by atoms with E-state index in [4.69, 9.17) is 11.6 Å². The highest BCUT2D eigenvalue weighted by Gasteiger charge is 2.50. The highest BCUT2D eigenvalue weighted by molar-refractivity contribution is 6.30. The van der Waals surface area contributed by atoms with Gasteiger partial charge >= 0.3 is 5.97 Å². The summed E-state index contributed by atoms with van der Waals surface area (Å²) >= 11 is 6.01. The van der Waals surface area contributed by atoms with Crippen LogP contribution < -0.4 is 0 Å². The molecule has 3 aromatic rings. The molecule has 2 aromatic heterocycles. The average molecular weight is 356 g/mol. The maximum Gasteiger partial charge on any atom is 0.313 e. The summed E-state index contributed by atoms with van der Waals surface area (Å²) in [5.41, 5.74) is 1.21. The highest BCUT2D eigenvalue weighted by Crippen LogP contribution is 2.53. The van der Waals surface area contributed by atoms with Crippen molar-refractivity contribution in [1.29, 1.82) is 0 Å². The second kappa shape index (κ2) is 5.30. The summed E-state index contributed by atoms with van der Waals surface area (Å²) in [6, 6.07) is 11.5. The van der Waals surface area contributed by atoms with Gasteiger partial charge in [0.15, 0.2) is 5.65 Å². The van der Waals surface area contributed by atoms with Crippen LogP contribution in [-0.2, 0) is 15.6 Å². The maximum atomic E-state index is 11.7. The molecule has 1 aromatic carbocycles. The van der Waals surface area contributed by atoms with Crippen LogP contribution in [0.2, 0.25) is 5.02 Å². The number of carboxylic acid groups (broad SMARTS) is 1. The first-order valence-electron chi connectivity index (χ1n) is 8.20. The lowest BCUT2D eigenvalue weighted by molar-refractivity contribution is -0.142. The predicted molar refractivity (Wildman–Crippen MR) is 95.1 cm³/mol. The normalized spacial score (nSPS) is 16.1. The van der Waals surface area contributed by atoms with Gasteiger partial charge < -0.3 is 5.11 Å². The van der Waals surface area contributed by atoms with Crippen LogP contribution in [0.5, 0.6) is 0 Å². The maximum absolute atomic E-state index is 11.7. The minimum absolute atomic E-state index is 0.171. The summed E-state index contributed by atoms with van der Waals surface area (Å²) in [7, 11) is 0. The Labute approximate surface area is 150 Å². The van der Waals surface area contributed by atoms with Crippen molar-refractivity contribution in [3.63, 3.8) is 0 Å². The van der Waals surface area contributed by atoms with Gasteiger partial charge in [-0.15, -0.1) is 10.2 Å². The summed E-state index contributed by atoms with van der Waals surface area (Å²) in [6.45, 7) is 3.37. The lowest BCUT2D eigenvalue weighted by atomic mass is 9.85. The SMILES string of the molecule is CC(C)(C(=O)O)c1cccn2c(C3(c4ccc(Cl)cc4)CC3)nnc12. The fourth-order valence-corrected chi connectivity index (χ4v) is 3.51. The van der Waals surface area contributed by atoms with Crippen molar-refractivity contribution < 1.29 is 9.90 Å². The number of rotatable bonds is 4. The number of hydrogen-bond donors (Lipinski definition) is 1. The van der Waals surface area contributed by atoms with E-state index in [1.165, 1.54) is 0 Å². The van der Waals surface area contributed by atoms with Crippen LogP contribution in [-0.4, -0.2) is 25.7 Å². The van der Waals surface area contributed by atoms with Crippen LogP contribution in [0.3, 0.4) is 0 Å². The molecule has 0 radical (unpaired) electrons. The Morgan fingerprint density at radius 3 is 2.48 bits per heavy atom. The van der Waals surface area contributed by atoms with Gasteiger partial charge in [-0.25, -0.2) is 0 Å². The second-order valence-corrected chi connectivity index (χ2v) is 7.59. The van der Waals surface area contributed by atoms with E-state index in [1.54, 1.807) is 13.8 Å². The molecule has 5 nitrogen and oxygen atoms in total. The number of nitrogens with zero attached hydrogens (tertiary/aromatic N) is 3. The van der Waals surface area contributed by atoms with Crippen molar-refractivity contribution in [2.24, 2.45) is 0 Å². The molecular formula is C19H18ClN3O2. The first-order chi connectivity index (χ1) is 11.9. The number of benzene rings is 1. The lowest BCUT2D eigenvalue weighted by Crippen LogP contribution is -2.29. The molecule has 2 heterocycles. The van der Waals surface area contributed by atoms with Gasteiger partial charge in [0, 0.05) is 16.8 Å². The minimum atomic E-state index is -1.04. The zero-order valence-corrected chi connectivity index (χ0v) is 14.8. The third kappa shape index (κ3) is 2.34. The Kier molecular flexibility index (Phi) is 3.41. The van der Waals surface area contributed by atoms with E-state index in [-0.39, 0.29) is 5.41 Å². The van der Waals surface area contributed by atoms with Gasteiger partial charge in [-0.3, -0.25) is 9.20 Å². The standard InChI is InChI=1S/C19H18ClN3O2/c1-18(2,17(24)25)14-4-3-11-23-15(14)21-22-16(23)19(9-10-19)12-5-7-13(20)8-6-12/h3-8,11H,9-10H2,1-2H3,(H,24,25). The topological polar surface area (TPSA) is 67.5 Å². The summed E-state index contributed by atoms with van der Waals surface area (Å²) in [4.78, 5) is 11.7. The molecule has 0 unspecified atom stereocenters. The zero-order chi connectivity index (χ0) is 17.8. The van der Waals surface area contributed by atoms with Crippen molar-refractivity contribution >= 4 is 23.2 Å². The number of carboxylic acids is 1. The number of hydrogen-bond acceptors (Lipinski definition) is 3. The summed E-state index contributed by atoms with van der Waals surface area (Å²) < 4.78 is 1.93. The van der Waals surface area contributed by atoms with Crippen molar-refractivity contribution in [2.45, 2.75) is 37.5 Å². The van der Waals surface area contributed by atoms with Crippen LogP contribution >= 0.6 is 11.6 Å². The molecule has 25 heavy (non-hydrogen) atoms.